The molecule has 1 N–H and O–H groups in total. The highest BCUT2D eigenvalue weighted by molar-refractivity contribution is 5.93. The van der Waals surface area contributed by atoms with Gasteiger partial charge in [0.05, 0.1) is 6.61 Å². The summed E-state index contributed by atoms with van der Waals surface area (Å²) in [6, 6.07) is 3.88. The Morgan fingerprint density at radius 2 is 2.17 bits per heavy atom. The monoisotopic (exact) mass is 251 g/mol. The lowest BCUT2D eigenvalue weighted by Gasteiger charge is -2.06. The Morgan fingerprint density at radius 3 is 2.78 bits per heavy atom. The van der Waals surface area contributed by atoms with Crippen molar-refractivity contribution in [2.45, 2.75) is 13.8 Å². The molecule has 0 atom stereocenters. The van der Waals surface area contributed by atoms with Crippen molar-refractivity contribution in [1.29, 1.82) is 0 Å². The summed E-state index contributed by atoms with van der Waals surface area (Å²) in [7, 11) is 0. The summed E-state index contributed by atoms with van der Waals surface area (Å²) in [5.74, 6) is -1.24. The number of hydrogen-bond donors (Lipinski definition) is 1. The topological polar surface area (TPSA) is 55.4 Å². The number of halogens is 1. The van der Waals surface area contributed by atoms with Gasteiger partial charge in [0.25, 0.3) is 0 Å². The number of benzene rings is 1. The van der Waals surface area contributed by atoms with Gasteiger partial charge in [-0.1, -0.05) is 0 Å². The van der Waals surface area contributed by atoms with Crippen molar-refractivity contribution in [3.05, 3.63) is 35.7 Å². The highest BCUT2D eigenvalue weighted by Crippen LogP contribution is 2.18. The van der Waals surface area contributed by atoms with Gasteiger partial charge >= 0.3 is 5.97 Å². The second-order valence-electron chi connectivity index (χ2n) is 3.50. The van der Waals surface area contributed by atoms with E-state index in [-0.39, 0.29) is 12.5 Å². The molecule has 0 spiro atoms. The van der Waals surface area contributed by atoms with Gasteiger partial charge in [-0.3, -0.25) is 4.79 Å². The van der Waals surface area contributed by atoms with Crippen molar-refractivity contribution in [2.75, 3.05) is 11.9 Å². The van der Waals surface area contributed by atoms with Crippen molar-refractivity contribution >= 4 is 23.6 Å². The Balaban J connectivity index is 2.94. The van der Waals surface area contributed by atoms with Crippen LogP contribution in [0.5, 0.6) is 0 Å². The molecular weight excluding hydrogens is 237 g/mol. The van der Waals surface area contributed by atoms with Crippen LogP contribution in [0.15, 0.2) is 24.3 Å². The third-order valence-electron chi connectivity index (χ3n) is 2.01. The average molecular weight is 251 g/mol. The van der Waals surface area contributed by atoms with E-state index in [2.05, 4.69) is 5.32 Å². The van der Waals surface area contributed by atoms with Crippen molar-refractivity contribution in [3.8, 4) is 0 Å². The first-order valence-corrected chi connectivity index (χ1v) is 5.45. The zero-order valence-corrected chi connectivity index (χ0v) is 10.2. The predicted octanol–water partition coefficient (Wildman–Crippen LogP) is 2.36. The number of carbonyl (C=O) groups is 2. The summed E-state index contributed by atoms with van der Waals surface area (Å²) in [4.78, 5) is 22.1. The minimum atomic E-state index is -0.518. The molecule has 5 heteroatoms. The van der Waals surface area contributed by atoms with Crippen LogP contribution in [0.25, 0.3) is 6.08 Å². The van der Waals surface area contributed by atoms with Gasteiger partial charge in [0.1, 0.15) is 5.82 Å². The Morgan fingerprint density at radius 1 is 1.44 bits per heavy atom. The summed E-state index contributed by atoms with van der Waals surface area (Å²) in [6.07, 6.45) is 2.58. The van der Waals surface area contributed by atoms with E-state index in [4.69, 9.17) is 4.74 Å². The second-order valence-corrected chi connectivity index (χ2v) is 3.50. The first-order chi connectivity index (χ1) is 8.52. The van der Waals surface area contributed by atoms with Gasteiger partial charge in [-0.25, -0.2) is 9.18 Å². The number of esters is 1. The molecular formula is C13H14FNO3. The van der Waals surface area contributed by atoms with Crippen LogP contribution in [-0.4, -0.2) is 18.5 Å². The quantitative estimate of drug-likeness (QED) is 0.660. The van der Waals surface area contributed by atoms with Crippen LogP contribution in [0, 0.1) is 5.82 Å². The molecule has 0 aliphatic rings. The number of hydrogen-bond acceptors (Lipinski definition) is 3. The molecule has 18 heavy (non-hydrogen) atoms. The summed E-state index contributed by atoms with van der Waals surface area (Å²) in [5.41, 5.74) is 0.836. The van der Waals surface area contributed by atoms with Crippen molar-refractivity contribution < 1.29 is 18.7 Å². The molecule has 1 aromatic carbocycles. The highest BCUT2D eigenvalue weighted by Gasteiger charge is 2.04. The normalized spacial score (nSPS) is 10.4. The fourth-order valence-corrected chi connectivity index (χ4v) is 1.32. The minimum Gasteiger partial charge on any atom is -0.463 e. The average Bonchev–Trinajstić information content (AvgIpc) is 2.29. The maximum atomic E-state index is 13.1. The van der Waals surface area contributed by atoms with Crippen molar-refractivity contribution in [1.82, 2.24) is 0 Å². The molecule has 0 radical (unpaired) electrons. The largest absolute Gasteiger partial charge is 0.463 e. The molecule has 0 saturated carbocycles. The number of nitrogens with one attached hydrogen (secondary N) is 1. The number of ether oxygens (including phenoxy) is 1. The second kappa shape index (κ2) is 6.54. The molecule has 1 amide bonds. The van der Waals surface area contributed by atoms with E-state index in [9.17, 15) is 14.0 Å². The third kappa shape index (κ3) is 4.37. The zero-order chi connectivity index (χ0) is 13.5. The standard InChI is InChI=1S/C13H14FNO3/c1-3-18-13(17)7-4-10-8-11(14)5-6-12(10)15-9(2)16/h4-8H,3H2,1-2H3,(H,15,16)/b7-4+. The van der Waals surface area contributed by atoms with Crippen LogP contribution in [0.4, 0.5) is 10.1 Å². The molecule has 4 nitrogen and oxygen atoms in total. The molecule has 0 fully saturated rings. The molecule has 1 aromatic rings. The van der Waals surface area contributed by atoms with Crippen molar-refractivity contribution in [3.63, 3.8) is 0 Å². The molecule has 0 aliphatic carbocycles. The van der Waals surface area contributed by atoms with Crippen LogP contribution in [0.1, 0.15) is 19.4 Å². The Labute approximate surface area is 104 Å². The van der Waals surface area contributed by atoms with Gasteiger partial charge in [-0.15, -0.1) is 0 Å². The van der Waals surface area contributed by atoms with Crippen LogP contribution >= 0.6 is 0 Å². The Bertz CT molecular complexity index is 483. The van der Waals surface area contributed by atoms with E-state index in [1.54, 1.807) is 6.92 Å². The number of rotatable bonds is 4. The fourth-order valence-electron chi connectivity index (χ4n) is 1.32. The lowest BCUT2D eigenvalue weighted by molar-refractivity contribution is -0.137. The van der Waals surface area contributed by atoms with E-state index in [1.807, 2.05) is 0 Å². The summed E-state index contributed by atoms with van der Waals surface area (Å²) in [5, 5.41) is 2.55. The first-order valence-electron chi connectivity index (χ1n) is 5.45. The molecule has 0 bridgehead atoms. The molecule has 0 heterocycles. The molecule has 96 valence electrons. The molecule has 0 aliphatic heterocycles. The van der Waals surface area contributed by atoms with Gasteiger partial charge in [0.15, 0.2) is 0 Å². The van der Waals surface area contributed by atoms with E-state index >= 15 is 0 Å². The lowest BCUT2D eigenvalue weighted by Crippen LogP contribution is -2.07. The van der Waals surface area contributed by atoms with Gasteiger partial charge in [-0.05, 0) is 31.2 Å². The summed E-state index contributed by atoms with van der Waals surface area (Å²) < 4.78 is 17.8. The minimum absolute atomic E-state index is 0.269. The molecule has 1 rings (SSSR count). The van der Waals surface area contributed by atoms with Crippen LogP contribution in [-0.2, 0) is 14.3 Å². The lowest BCUT2D eigenvalue weighted by atomic mass is 10.1. The van der Waals surface area contributed by atoms with Crippen molar-refractivity contribution in [2.24, 2.45) is 0 Å². The van der Waals surface area contributed by atoms with Gasteiger partial charge < -0.3 is 10.1 Å². The highest BCUT2D eigenvalue weighted by atomic mass is 19.1. The Kier molecular flexibility index (Phi) is 5.05. The smallest absolute Gasteiger partial charge is 0.330 e. The maximum absolute atomic E-state index is 13.1. The Hall–Kier alpha value is -2.17. The maximum Gasteiger partial charge on any atom is 0.330 e. The first kappa shape index (κ1) is 13.9. The van der Waals surface area contributed by atoms with Crippen LogP contribution < -0.4 is 5.32 Å². The number of carbonyl (C=O) groups excluding carboxylic acids is 2. The molecule has 0 saturated heterocycles. The number of amides is 1. The summed E-state index contributed by atoms with van der Waals surface area (Å²) >= 11 is 0. The zero-order valence-electron chi connectivity index (χ0n) is 10.2. The van der Waals surface area contributed by atoms with E-state index in [1.165, 1.54) is 37.3 Å². The predicted molar refractivity (Wildman–Crippen MR) is 66.4 cm³/mol. The summed E-state index contributed by atoms with van der Waals surface area (Å²) in [6.45, 7) is 3.31. The third-order valence-corrected chi connectivity index (χ3v) is 2.01. The van der Waals surface area contributed by atoms with Crippen LogP contribution in [0.3, 0.4) is 0 Å². The molecule has 0 aromatic heterocycles. The number of anilines is 1. The van der Waals surface area contributed by atoms with E-state index in [0.29, 0.717) is 11.3 Å². The van der Waals surface area contributed by atoms with Gasteiger partial charge in [-0.2, -0.15) is 0 Å². The van der Waals surface area contributed by atoms with E-state index in [0.717, 1.165) is 0 Å². The SMILES string of the molecule is CCOC(=O)/C=C/c1cc(F)ccc1NC(C)=O. The van der Waals surface area contributed by atoms with Gasteiger partial charge in [0, 0.05) is 24.3 Å². The van der Waals surface area contributed by atoms with Gasteiger partial charge in [0.2, 0.25) is 5.91 Å². The fraction of sp³-hybridized carbons (Fsp3) is 0.231. The van der Waals surface area contributed by atoms with E-state index < -0.39 is 11.8 Å². The molecule has 0 unspecified atom stereocenters. The van der Waals surface area contributed by atoms with Crippen LogP contribution in [0.2, 0.25) is 0 Å².